The van der Waals surface area contributed by atoms with E-state index in [2.05, 4.69) is 5.10 Å². The van der Waals surface area contributed by atoms with Crippen molar-refractivity contribution in [3.05, 3.63) is 35.1 Å². The minimum absolute atomic E-state index is 0.137. The molecule has 0 radical (unpaired) electrons. The third-order valence-corrected chi connectivity index (χ3v) is 2.89. The zero-order chi connectivity index (χ0) is 14.7. The summed E-state index contributed by atoms with van der Waals surface area (Å²) in [6.45, 7) is 2.83. The van der Waals surface area contributed by atoms with Crippen LogP contribution in [0.1, 0.15) is 23.7 Å². The van der Waals surface area contributed by atoms with Crippen LogP contribution in [0.15, 0.2) is 24.5 Å². The summed E-state index contributed by atoms with van der Waals surface area (Å²) in [5.41, 5.74) is 11.4. The largest absolute Gasteiger partial charge is 0.452 e. The summed E-state index contributed by atoms with van der Waals surface area (Å²) in [5, 5.41) is 4.36. The Hall–Kier alpha value is -2.21. The number of hydrogen-bond acceptors (Lipinski definition) is 4. The Labute approximate surface area is 121 Å². The SMILES string of the molecule is CCCn1cc(Oc2c(Cl)cc(N)cc2C(N)=O)cn1. The molecule has 106 valence electrons. The van der Waals surface area contributed by atoms with E-state index in [1.54, 1.807) is 17.1 Å². The van der Waals surface area contributed by atoms with E-state index >= 15 is 0 Å². The number of nitrogens with two attached hydrogens (primary N) is 2. The molecular formula is C13H15ClN4O2. The number of nitrogens with zero attached hydrogens (tertiary/aromatic N) is 2. The standard InChI is InChI=1S/C13H15ClN4O2/c1-2-3-18-7-9(6-17-18)20-12-10(13(16)19)4-8(15)5-11(12)14/h4-7H,2-3,15H2,1H3,(H2,16,19). The van der Waals surface area contributed by atoms with Crippen molar-refractivity contribution in [2.45, 2.75) is 19.9 Å². The van der Waals surface area contributed by atoms with E-state index in [1.165, 1.54) is 12.1 Å². The molecule has 1 aromatic carbocycles. The number of aromatic nitrogens is 2. The summed E-state index contributed by atoms with van der Waals surface area (Å²) < 4.78 is 7.35. The van der Waals surface area contributed by atoms with Crippen molar-refractivity contribution in [3.63, 3.8) is 0 Å². The molecule has 2 aromatic rings. The quantitative estimate of drug-likeness (QED) is 0.828. The Kier molecular flexibility index (Phi) is 4.14. The van der Waals surface area contributed by atoms with Gasteiger partial charge in [0.05, 0.1) is 23.0 Å². The fourth-order valence-corrected chi connectivity index (χ4v) is 2.03. The molecule has 0 fully saturated rings. The van der Waals surface area contributed by atoms with Crippen LogP contribution in [0.4, 0.5) is 5.69 Å². The van der Waals surface area contributed by atoms with Gasteiger partial charge in [0.25, 0.3) is 5.91 Å². The number of anilines is 1. The first-order chi connectivity index (χ1) is 9.51. The molecule has 0 bridgehead atoms. The van der Waals surface area contributed by atoms with Gasteiger partial charge in [0.15, 0.2) is 11.5 Å². The van der Waals surface area contributed by atoms with E-state index in [1.807, 2.05) is 6.92 Å². The molecule has 1 aromatic heterocycles. The van der Waals surface area contributed by atoms with Crippen LogP contribution in [0.3, 0.4) is 0 Å². The van der Waals surface area contributed by atoms with Crippen molar-refractivity contribution in [2.75, 3.05) is 5.73 Å². The molecule has 7 heteroatoms. The molecule has 4 N–H and O–H groups in total. The summed E-state index contributed by atoms with van der Waals surface area (Å²) in [6, 6.07) is 2.93. The first-order valence-electron chi connectivity index (χ1n) is 6.10. The lowest BCUT2D eigenvalue weighted by molar-refractivity contribution is 0.0998. The van der Waals surface area contributed by atoms with Crippen LogP contribution in [0.5, 0.6) is 11.5 Å². The van der Waals surface area contributed by atoms with E-state index in [0.717, 1.165) is 13.0 Å². The van der Waals surface area contributed by atoms with E-state index < -0.39 is 5.91 Å². The van der Waals surface area contributed by atoms with Crippen LogP contribution in [0, 0.1) is 0 Å². The minimum atomic E-state index is -0.657. The molecule has 2 rings (SSSR count). The number of rotatable bonds is 5. The zero-order valence-electron chi connectivity index (χ0n) is 11.0. The third-order valence-electron chi connectivity index (χ3n) is 2.61. The van der Waals surface area contributed by atoms with Crippen molar-refractivity contribution >= 4 is 23.2 Å². The number of carbonyl (C=O) groups excluding carboxylic acids is 1. The van der Waals surface area contributed by atoms with Crippen molar-refractivity contribution in [2.24, 2.45) is 5.73 Å². The number of carbonyl (C=O) groups is 1. The first kappa shape index (κ1) is 14.2. The fraction of sp³-hybridized carbons (Fsp3) is 0.231. The van der Waals surface area contributed by atoms with Crippen molar-refractivity contribution < 1.29 is 9.53 Å². The van der Waals surface area contributed by atoms with E-state index in [4.69, 9.17) is 27.8 Å². The molecule has 0 aliphatic carbocycles. The predicted octanol–water partition coefficient (Wildman–Crippen LogP) is 2.42. The summed E-state index contributed by atoms with van der Waals surface area (Å²) >= 11 is 6.06. The highest BCUT2D eigenvalue weighted by atomic mass is 35.5. The Morgan fingerprint density at radius 1 is 1.50 bits per heavy atom. The maximum atomic E-state index is 11.4. The highest BCUT2D eigenvalue weighted by molar-refractivity contribution is 6.33. The topological polar surface area (TPSA) is 96.2 Å². The number of aryl methyl sites for hydroxylation is 1. The summed E-state index contributed by atoms with van der Waals surface area (Å²) in [4.78, 5) is 11.4. The fourth-order valence-electron chi connectivity index (χ4n) is 1.77. The van der Waals surface area contributed by atoms with Gasteiger partial charge in [0.2, 0.25) is 0 Å². The normalized spacial score (nSPS) is 10.5. The predicted molar refractivity (Wildman–Crippen MR) is 77.0 cm³/mol. The van der Waals surface area contributed by atoms with Crippen LogP contribution in [-0.2, 0) is 6.54 Å². The molecule has 0 unspecified atom stereocenters. The van der Waals surface area contributed by atoms with Gasteiger partial charge in [-0.1, -0.05) is 18.5 Å². The second kappa shape index (κ2) is 5.83. The van der Waals surface area contributed by atoms with Gasteiger partial charge < -0.3 is 16.2 Å². The van der Waals surface area contributed by atoms with E-state index in [9.17, 15) is 4.79 Å². The lowest BCUT2D eigenvalue weighted by Gasteiger charge is -2.10. The molecule has 0 saturated carbocycles. The van der Waals surface area contributed by atoms with Gasteiger partial charge in [-0.25, -0.2) is 0 Å². The lowest BCUT2D eigenvalue weighted by Crippen LogP contribution is -2.13. The highest BCUT2D eigenvalue weighted by Crippen LogP contribution is 2.34. The molecule has 0 atom stereocenters. The molecule has 0 aliphatic heterocycles. The maximum Gasteiger partial charge on any atom is 0.252 e. The summed E-state index contributed by atoms with van der Waals surface area (Å²) in [6.07, 6.45) is 4.23. The van der Waals surface area contributed by atoms with Gasteiger partial charge in [-0.2, -0.15) is 5.10 Å². The van der Waals surface area contributed by atoms with Crippen molar-refractivity contribution in [1.29, 1.82) is 0 Å². The Morgan fingerprint density at radius 2 is 2.25 bits per heavy atom. The monoisotopic (exact) mass is 294 g/mol. The van der Waals surface area contributed by atoms with Crippen molar-refractivity contribution in [3.8, 4) is 11.5 Å². The average molecular weight is 295 g/mol. The second-order valence-electron chi connectivity index (χ2n) is 4.28. The molecule has 20 heavy (non-hydrogen) atoms. The zero-order valence-corrected chi connectivity index (χ0v) is 11.7. The molecule has 6 nitrogen and oxygen atoms in total. The molecule has 1 heterocycles. The Morgan fingerprint density at radius 3 is 2.90 bits per heavy atom. The lowest BCUT2D eigenvalue weighted by atomic mass is 10.1. The first-order valence-corrected chi connectivity index (χ1v) is 6.48. The minimum Gasteiger partial charge on any atom is -0.452 e. The molecule has 0 spiro atoms. The van der Waals surface area contributed by atoms with Crippen LogP contribution in [0.25, 0.3) is 0 Å². The van der Waals surface area contributed by atoms with E-state index in [-0.39, 0.29) is 16.3 Å². The van der Waals surface area contributed by atoms with Crippen LogP contribution >= 0.6 is 11.6 Å². The van der Waals surface area contributed by atoms with Gasteiger partial charge >= 0.3 is 0 Å². The molecule has 0 saturated heterocycles. The third kappa shape index (κ3) is 3.03. The number of nitrogen functional groups attached to an aromatic ring is 1. The summed E-state index contributed by atoms with van der Waals surface area (Å²) in [7, 11) is 0. The van der Waals surface area contributed by atoms with Gasteiger partial charge in [-0.3, -0.25) is 9.48 Å². The van der Waals surface area contributed by atoms with Gasteiger partial charge in [-0.05, 0) is 18.6 Å². The van der Waals surface area contributed by atoms with Crippen molar-refractivity contribution in [1.82, 2.24) is 9.78 Å². The number of hydrogen-bond donors (Lipinski definition) is 2. The van der Waals surface area contributed by atoms with Crippen LogP contribution < -0.4 is 16.2 Å². The Bertz CT molecular complexity index is 639. The highest BCUT2D eigenvalue weighted by Gasteiger charge is 2.16. The molecule has 0 aliphatic rings. The van der Waals surface area contributed by atoms with Gasteiger partial charge in [0.1, 0.15) is 0 Å². The second-order valence-corrected chi connectivity index (χ2v) is 4.69. The van der Waals surface area contributed by atoms with Gasteiger partial charge in [0, 0.05) is 12.2 Å². The number of amides is 1. The number of ether oxygens (including phenoxy) is 1. The van der Waals surface area contributed by atoms with Gasteiger partial charge in [-0.15, -0.1) is 0 Å². The maximum absolute atomic E-state index is 11.4. The molecular weight excluding hydrogens is 280 g/mol. The average Bonchev–Trinajstić information content (AvgIpc) is 2.80. The van der Waals surface area contributed by atoms with Crippen LogP contribution in [0.2, 0.25) is 5.02 Å². The number of primary amides is 1. The smallest absolute Gasteiger partial charge is 0.252 e. The van der Waals surface area contributed by atoms with E-state index in [0.29, 0.717) is 11.4 Å². The molecule has 1 amide bonds. The van der Waals surface area contributed by atoms with Crippen LogP contribution in [-0.4, -0.2) is 15.7 Å². The number of halogens is 1. The Balaban J connectivity index is 2.34. The number of benzene rings is 1. The summed E-state index contributed by atoms with van der Waals surface area (Å²) in [5.74, 6) is 0.00665.